The molecular weight excluding hydrogens is 248 g/mol. The van der Waals surface area contributed by atoms with Crippen molar-refractivity contribution in [3.05, 3.63) is 36.0 Å². The summed E-state index contributed by atoms with van der Waals surface area (Å²) in [6.07, 6.45) is 8.60. The number of carbonyl (C=O) groups is 1. The highest BCUT2D eigenvalue weighted by Crippen LogP contribution is 2.58. The molecule has 2 aliphatic carbocycles. The second-order valence-corrected chi connectivity index (χ2v) is 6.33. The van der Waals surface area contributed by atoms with Gasteiger partial charge < -0.3 is 4.74 Å². The van der Waals surface area contributed by atoms with Crippen molar-refractivity contribution in [3.8, 4) is 12.3 Å². The van der Waals surface area contributed by atoms with Gasteiger partial charge in [-0.3, -0.25) is 4.79 Å². The number of carbonyl (C=O) groups excluding carboxylic acids is 1. The Morgan fingerprint density at radius 2 is 2.25 bits per heavy atom. The summed E-state index contributed by atoms with van der Waals surface area (Å²) in [6, 6.07) is 0. The van der Waals surface area contributed by atoms with E-state index in [1.54, 1.807) is 0 Å². The zero-order valence-electron chi connectivity index (χ0n) is 12.5. The molecule has 1 fully saturated rings. The Bertz CT molecular complexity index is 542. The molecule has 20 heavy (non-hydrogen) atoms. The number of rotatable bonds is 4. The van der Waals surface area contributed by atoms with Crippen molar-refractivity contribution in [1.82, 2.24) is 0 Å². The van der Waals surface area contributed by atoms with E-state index in [1.165, 1.54) is 5.57 Å². The molecule has 0 heterocycles. The maximum atomic E-state index is 12.3. The van der Waals surface area contributed by atoms with Crippen molar-refractivity contribution in [2.24, 2.45) is 17.3 Å². The van der Waals surface area contributed by atoms with E-state index in [9.17, 15) is 4.79 Å². The molecule has 0 aromatic carbocycles. The molecule has 0 aliphatic heterocycles. The van der Waals surface area contributed by atoms with Crippen LogP contribution in [-0.4, -0.2) is 12.1 Å². The van der Waals surface area contributed by atoms with Crippen molar-refractivity contribution >= 4 is 5.97 Å². The van der Waals surface area contributed by atoms with E-state index in [0.717, 1.165) is 17.6 Å². The molecule has 0 saturated heterocycles. The largest absolute Gasteiger partial charge is 0.457 e. The van der Waals surface area contributed by atoms with Crippen LogP contribution in [0.2, 0.25) is 0 Å². The lowest BCUT2D eigenvalue weighted by molar-refractivity contribution is -0.149. The van der Waals surface area contributed by atoms with Gasteiger partial charge in [-0.2, -0.15) is 0 Å². The summed E-state index contributed by atoms with van der Waals surface area (Å²) in [4.78, 5) is 12.3. The number of hydrogen-bond donors (Lipinski definition) is 0. The van der Waals surface area contributed by atoms with Gasteiger partial charge in [0.25, 0.3) is 0 Å². The second kappa shape index (κ2) is 4.98. The quantitative estimate of drug-likeness (QED) is 0.443. The normalized spacial score (nSPS) is 30.9. The number of terminal acetylenes is 1. The average Bonchev–Trinajstić information content (AvgIpc) is 2.85. The lowest BCUT2D eigenvalue weighted by atomic mass is 10.1. The van der Waals surface area contributed by atoms with Crippen molar-refractivity contribution in [1.29, 1.82) is 0 Å². The van der Waals surface area contributed by atoms with Crippen LogP contribution in [0.25, 0.3) is 0 Å². The van der Waals surface area contributed by atoms with E-state index in [-0.39, 0.29) is 29.3 Å². The highest BCUT2D eigenvalue weighted by molar-refractivity contribution is 5.79. The van der Waals surface area contributed by atoms with E-state index >= 15 is 0 Å². The molecule has 2 heteroatoms. The molecule has 0 bridgehead atoms. The zero-order chi connectivity index (χ0) is 15.1. The van der Waals surface area contributed by atoms with Crippen molar-refractivity contribution < 1.29 is 9.53 Å². The lowest BCUT2D eigenvalue weighted by Gasteiger charge is -2.14. The number of allylic oxidation sites excluding steroid dienone is 2. The topological polar surface area (TPSA) is 26.3 Å². The third-order valence-corrected chi connectivity index (χ3v) is 4.69. The molecule has 0 aromatic rings. The predicted molar refractivity (Wildman–Crippen MR) is 80.7 cm³/mol. The molecule has 2 nitrogen and oxygen atoms in total. The SMILES string of the molecule is C#C[C@@H]1[C@@H](C(=O)OC2CC(=C)C(CC=C)=C2C)C1(C)C. The number of esters is 1. The maximum Gasteiger partial charge on any atom is 0.311 e. The monoisotopic (exact) mass is 270 g/mol. The standard InChI is InChI=1S/C18H22O2/c1-7-9-13-11(3)10-15(12(13)4)20-17(19)16-14(8-2)18(16,5)6/h2,7,14-16H,1,3,9-10H2,4-6H3/t14-,15?,16+/m1/s1. The van der Waals surface area contributed by atoms with Gasteiger partial charge in [-0.1, -0.05) is 26.5 Å². The zero-order valence-corrected chi connectivity index (χ0v) is 12.5. The van der Waals surface area contributed by atoms with Crippen LogP contribution in [0.5, 0.6) is 0 Å². The third kappa shape index (κ3) is 2.22. The van der Waals surface area contributed by atoms with Crippen LogP contribution in [0.4, 0.5) is 0 Å². The highest BCUT2D eigenvalue weighted by Gasteiger charge is 2.62. The Morgan fingerprint density at radius 1 is 1.60 bits per heavy atom. The first-order valence-corrected chi connectivity index (χ1v) is 6.99. The van der Waals surface area contributed by atoms with Crippen LogP contribution in [0.1, 0.15) is 33.6 Å². The molecule has 1 saturated carbocycles. The van der Waals surface area contributed by atoms with Gasteiger partial charge in [0.15, 0.2) is 0 Å². The fourth-order valence-electron chi connectivity index (χ4n) is 3.16. The van der Waals surface area contributed by atoms with Crippen LogP contribution in [-0.2, 0) is 9.53 Å². The molecule has 106 valence electrons. The molecule has 2 rings (SSSR count). The molecular formula is C18H22O2. The lowest BCUT2D eigenvalue weighted by Crippen LogP contribution is -2.20. The van der Waals surface area contributed by atoms with Crippen LogP contribution in [0.3, 0.4) is 0 Å². The minimum Gasteiger partial charge on any atom is -0.457 e. The van der Waals surface area contributed by atoms with Crippen molar-refractivity contribution in [3.63, 3.8) is 0 Å². The van der Waals surface area contributed by atoms with Gasteiger partial charge in [-0.15, -0.1) is 18.9 Å². The fraction of sp³-hybridized carbons (Fsp3) is 0.500. The molecule has 3 atom stereocenters. The summed E-state index contributed by atoms with van der Waals surface area (Å²) in [5.74, 6) is 2.35. The van der Waals surface area contributed by atoms with Crippen LogP contribution in [0, 0.1) is 29.6 Å². The van der Waals surface area contributed by atoms with Gasteiger partial charge in [0.1, 0.15) is 6.10 Å². The van der Waals surface area contributed by atoms with Gasteiger partial charge in [0, 0.05) is 12.3 Å². The number of ether oxygens (including phenoxy) is 1. The van der Waals surface area contributed by atoms with E-state index < -0.39 is 0 Å². The Kier molecular flexibility index (Phi) is 3.65. The van der Waals surface area contributed by atoms with E-state index in [4.69, 9.17) is 11.2 Å². The summed E-state index contributed by atoms with van der Waals surface area (Å²) in [7, 11) is 0. The van der Waals surface area contributed by atoms with E-state index in [0.29, 0.717) is 6.42 Å². The predicted octanol–water partition coefficient (Wildman–Crippen LogP) is 3.66. The second-order valence-electron chi connectivity index (χ2n) is 6.33. The van der Waals surface area contributed by atoms with Gasteiger partial charge in [-0.25, -0.2) is 0 Å². The average molecular weight is 270 g/mol. The van der Waals surface area contributed by atoms with Crippen LogP contribution in [0.15, 0.2) is 36.0 Å². The molecule has 0 amide bonds. The summed E-state index contributed by atoms with van der Waals surface area (Å²) >= 11 is 0. The first-order chi connectivity index (χ1) is 9.34. The molecule has 0 radical (unpaired) electrons. The Morgan fingerprint density at radius 3 is 2.75 bits per heavy atom. The Balaban J connectivity index is 2.06. The molecule has 1 unspecified atom stereocenters. The first kappa shape index (κ1) is 14.7. The Labute approximate surface area is 121 Å². The minimum absolute atomic E-state index is 0.00321. The van der Waals surface area contributed by atoms with Gasteiger partial charge in [-0.05, 0) is 35.5 Å². The summed E-state index contributed by atoms with van der Waals surface area (Å²) in [6.45, 7) is 13.8. The van der Waals surface area contributed by atoms with Crippen molar-refractivity contribution in [2.75, 3.05) is 0 Å². The van der Waals surface area contributed by atoms with E-state index in [2.05, 4.69) is 19.1 Å². The smallest absolute Gasteiger partial charge is 0.311 e. The Hall–Kier alpha value is -1.75. The molecule has 2 aliphatic rings. The molecule has 0 N–H and O–H groups in total. The first-order valence-electron chi connectivity index (χ1n) is 6.99. The van der Waals surface area contributed by atoms with Gasteiger partial charge in [0.2, 0.25) is 0 Å². The van der Waals surface area contributed by atoms with Crippen LogP contribution < -0.4 is 0 Å². The molecule has 0 spiro atoms. The van der Waals surface area contributed by atoms with Gasteiger partial charge in [0.05, 0.1) is 5.92 Å². The summed E-state index contributed by atoms with van der Waals surface area (Å²) < 4.78 is 5.67. The maximum absolute atomic E-state index is 12.3. The third-order valence-electron chi connectivity index (χ3n) is 4.69. The fourth-order valence-corrected chi connectivity index (χ4v) is 3.16. The van der Waals surface area contributed by atoms with Gasteiger partial charge >= 0.3 is 5.97 Å². The molecule has 0 aromatic heterocycles. The minimum atomic E-state index is -0.181. The highest BCUT2D eigenvalue weighted by atomic mass is 16.5. The van der Waals surface area contributed by atoms with Crippen LogP contribution >= 0.6 is 0 Å². The summed E-state index contributed by atoms with van der Waals surface area (Å²) in [5.41, 5.74) is 3.17. The van der Waals surface area contributed by atoms with Crippen molar-refractivity contribution in [2.45, 2.75) is 39.7 Å². The number of hydrogen-bond acceptors (Lipinski definition) is 2. The summed E-state index contributed by atoms with van der Waals surface area (Å²) in [5, 5.41) is 0. The van der Waals surface area contributed by atoms with E-state index in [1.807, 2.05) is 26.8 Å².